The molecule has 0 spiro atoms. The van der Waals surface area contributed by atoms with Crippen LogP contribution in [-0.4, -0.2) is 53.4 Å². The summed E-state index contributed by atoms with van der Waals surface area (Å²) in [7, 11) is 0. The number of carbonyl (C=O) groups is 3. The third-order valence-electron chi connectivity index (χ3n) is 7.31. The fourth-order valence-electron chi connectivity index (χ4n) is 5.36. The number of hydrogen-bond acceptors (Lipinski definition) is 4. The van der Waals surface area contributed by atoms with E-state index in [2.05, 4.69) is 28.5 Å². The van der Waals surface area contributed by atoms with E-state index in [1.54, 1.807) is 12.1 Å². The Bertz CT molecular complexity index is 1490. The first kappa shape index (κ1) is 23.2. The number of ether oxygens (including phenoxy) is 1. The predicted molar refractivity (Wildman–Crippen MR) is 140 cm³/mol. The summed E-state index contributed by atoms with van der Waals surface area (Å²) in [5.74, 6) is -1.06. The number of nitrogens with zero attached hydrogens (tertiary/aromatic N) is 1. The molecule has 0 radical (unpaired) electrons. The van der Waals surface area contributed by atoms with Gasteiger partial charge < -0.3 is 15.0 Å². The molecule has 7 nitrogen and oxygen atoms in total. The second-order valence-electron chi connectivity index (χ2n) is 9.58. The Morgan fingerprint density at radius 3 is 2.59 bits per heavy atom. The lowest BCUT2D eigenvalue weighted by Gasteiger charge is -2.18. The Morgan fingerprint density at radius 1 is 1.00 bits per heavy atom. The molecule has 6 rings (SSSR count). The van der Waals surface area contributed by atoms with Gasteiger partial charge in [-0.3, -0.25) is 19.3 Å². The Balaban J connectivity index is 1.22. The zero-order valence-electron chi connectivity index (χ0n) is 20.3. The highest BCUT2D eigenvalue weighted by molar-refractivity contribution is 6.22. The first-order valence-electron chi connectivity index (χ1n) is 12.6. The summed E-state index contributed by atoms with van der Waals surface area (Å²) in [6.45, 7) is 1.28. The van der Waals surface area contributed by atoms with Crippen molar-refractivity contribution in [3.05, 3.63) is 107 Å². The van der Waals surface area contributed by atoms with Crippen LogP contribution in [0.3, 0.4) is 0 Å². The molecule has 2 aliphatic rings. The van der Waals surface area contributed by atoms with Crippen molar-refractivity contribution in [1.29, 1.82) is 0 Å². The number of hydrogen-bond donors (Lipinski definition) is 2. The van der Waals surface area contributed by atoms with Crippen LogP contribution in [0.15, 0.2) is 79.0 Å². The average molecular weight is 494 g/mol. The van der Waals surface area contributed by atoms with Gasteiger partial charge >= 0.3 is 0 Å². The molecule has 186 valence electrons. The van der Waals surface area contributed by atoms with E-state index < -0.39 is 0 Å². The zero-order valence-corrected chi connectivity index (χ0v) is 20.3. The van der Waals surface area contributed by atoms with E-state index in [4.69, 9.17) is 4.74 Å². The number of aromatic nitrogens is 1. The molecule has 3 aromatic carbocycles. The molecule has 0 aliphatic carbocycles. The van der Waals surface area contributed by atoms with Crippen molar-refractivity contribution in [1.82, 2.24) is 15.2 Å². The van der Waals surface area contributed by atoms with Gasteiger partial charge in [0.05, 0.1) is 23.8 Å². The van der Waals surface area contributed by atoms with Gasteiger partial charge in [-0.15, -0.1) is 0 Å². The number of imide groups is 1. The monoisotopic (exact) mass is 493 g/mol. The van der Waals surface area contributed by atoms with Crippen LogP contribution < -0.4 is 5.32 Å². The summed E-state index contributed by atoms with van der Waals surface area (Å²) in [4.78, 5) is 43.6. The normalized spacial score (nSPS) is 17.8. The first-order valence-corrected chi connectivity index (χ1v) is 12.6. The number of carbonyl (C=O) groups excluding carboxylic acids is 3. The van der Waals surface area contributed by atoms with E-state index in [-0.39, 0.29) is 41.9 Å². The number of para-hydroxylation sites is 1. The summed E-state index contributed by atoms with van der Waals surface area (Å²) < 4.78 is 5.61. The van der Waals surface area contributed by atoms with Crippen molar-refractivity contribution in [3.8, 4) is 0 Å². The zero-order chi connectivity index (χ0) is 25.4. The van der Waals surface area contributed by atoms with Gasteiger partial charge in [-0.05, 0) is 48.2 Å². The Kier molecular flexibility index (Phi) is 6.06. The van der Waals surface area contributed by atoms with Gasteiger partial charge in [-0.25, -0.2) is 0 Å². The van der Waals surface area contributed by atoms with Crippen LogP contribution in [0.25, 0.3) is 10.9 Å². The summed E-state index contributed by atoms with van der Waals surface area (Å²) in [6.07, 6.45) is 3.64. The molecule has 2 unspecified atom stereocenters. The summed E-state index contributed by atoms with van der Waals surface area (Å²) in [6, 6.07) is 22.9. The molecule has 1 aromatic heterocycles. The predicted octanol–water partition coefficient (Wildman–Crippen LogP) is 4.50. The van der Waals surface area contributed by atoms with Gasteiger partial charge in [0, 0.05) is 41.7 Å². The van der Waals surface area contributed by atoms with Crippen molar-refractivity contribution in [3.63, 3.8) is 0 Å². The van der Waals surface area contributed by atoms with Gasteiger partial charge in [0.2, 0.25) is 0 Å². The topological polar surface area (TPSA) is 91.5 Å². The molecule has 2 N–H and O–H groups in total. The van der Waals surface area contributed by atoms with Crippen LogP contribution in [-0.2, 0) is 4.74 Å². The molecular formula is C30H27N3O4. The van der Waals surface area contributed by atoms with E-state index in [0.29, 0.717) is 24.3 Å². The van der Waals surface area contributed by atoms with Crippen LogP contribution >= 0.6 is 0 Å². The molecule has 3 heterocycles. The van der Waals surface area contributed by atoms with Gasteiger partial charge in [0.25, 0.3) is 17.7 Å². The van der Waals surface area contributed by atoms with Crippen LogP contribution in [0.5, 0.6) is 0 Å². The molecule has 2 atom stereocenters. The van der Waals surface area contributed by atoms with E-state index >= 15 is 0 Å². The molecule has 1 fully saturated rings. The van der Waals surface area contributed by atoms with Crippen LogP contribution in [0.4, 0.5) is 0 Å². The summed E-state index contributed by atoms with van der Waals surface area (Å²) >= 11 is 0. The van der Waals surface area contributed by atoms with Crippen molar-refractivity contribution in [2.45, 2.75) is 24.9 Å². The lowest BCUT2D eigenvalue weighted by Crippen LogP contribution is -2.36. The molecule has 1 saturated heterocycles. The molecule has 4 aromatic rings. The molecular weight excluding hydrogens is 466 g/mol. The number of aromatic amines is 1. The second kappa shape index (κ2) is 9.67. The number of fused-ring (bicyclic) bond motifs is 2. The Hall–Kier alpha value is -4.23. The fourth-order valence-corrected chi connectivity index (χ4v) is 5.36. The van der Waals surface area contributed by atoms with Crippen molar-refractivity contribution >= 4 is 28.6 Å². The largest absolute Gasteiger partial charge is 0.376 e. The number of H-pyrrole nitrogens is 1. The fraction of sp³-hybridized carbons (Fsp3) is 0.233. The van der Waals surface area contributed by atoms with Crippen LogP contribution in [0.2, 0.25) is 0 Å². The highest BCUT2D eigenvalue weighted by Gasteiger charge is 2.38. The highest BCUT2D eigenvalue weighted by atomic mass is 16.5. The molecule has 0 bridgehead atoms. The van der Waals surface area contributed by atoms with E-state index in [0.717, 1.165) is 34.9 Å². The van der Waals surface area contributed by atoms with E-state index in [1.807, 2.05) is 42.6 Å². The van der Waals surface area contributed by atoms with Crippen molar-refractivity contribution < 1.29 is 19.1 Å². The SMILES string of the molecule is O=C(NCC(c1ccccc1)c1c[nH]c2ccccc12)c1ccc2c(c1)C(=O)N(CC1CCCO1)C2=O. The standard InChI is InChI=1S/C30H27N3O4/c34-28(20-12-13-23-24(15-20)30(36)33(29(23)35)18-21-9-6-14-37-21)32-16-25(19-7-2-1-3-8-19)26-17-31-27-11-5-4-10-22(26)27/h1-5,7-8,10-13,15,17,21,25,31H,6,9,14,16,18H2,(H,32,34). The lowest BCUT2D eigenvalue weighted by molar-refractivity contribution is 0.0475. The average Bonchev–Trinajstić information content (AvgIpc) is 3.66. The Labute approximate surface area is 214 Å². The second-order valence-corrected chi connectivity index (χ2v) is 9.58. The third kappa shape index (κ3) is 4.32. The molecule has 37 heavy (non-hydrogen) atoms. The number of rotatable bonds is 7. The molecule has 2 aliphatic heterocycles. The lowest BCUT2D eigenvalue weighted by atomic mass is 9.91. The number of benzene rings is 3. The van der Waals surface area contributed by atoms with Gasteiger partial charge in [0.1, 0.15) is 0 Å². The van der Waals surface area contributed by atoms with Crippen molar-refractivity contribution in [2.75, 3.05) is 19.7 Å². The first-order chi connectivity index (χ1) is 18.1. The smallest absolute Gasteiger partial charge is 0.261 e. The molecule has 0 saturated carbocycles. The number of amides is 3. The summed E-state index contributed by atoms with van der Waals surface area (Å²) in [5.41, 5.74) is 4.18. The van der Waals surface area contributed by atoms with Gasteiger partial charge in [0.15, 0.2) is 0 Å². The van der Waals surface area contributed by atoms with E-state index in [1.165, 1.54) is 11.0 Å². The summed E-state index contributed by atoms with van der Waals surface area (Å²) in [5, 5.41) is 4.16. The van der Waals surface area contributed by atoms with Gasteiger partial charge in [-0.2, -0.15) is 0 Å². The maximum atomic E-state index is 13.2. The number of nitrogens with one attached hydrogen (secondary N) is 2. The maximum Gasteiger partial charge on any atom is 0.261 e. The minimum atomic E-state index is -0.369. The van der Waals surface area contributed by atoms with Crippen LogP contribution in [0, 0.1) is 0 Å². The maximum absolute atomic E-state index is 13.2. The Morgan fingerprint density at radius 2 is 1.78 bits per heavy atom. The third-order valence-corrected chi connectivity index (χ3v) is 7.31. The quantitative estimate of drug-likeness (QED) is 0.371. The van der Waals surface area contributed by atoms with Crippen molar-refractivity contribution in [2.24, 2.45) is 0 Å². The molecule has 7 heteroatoms. The van der Waals surface area contributed by atoms with Crippen LogP contribution in [0.1, 0.15) is 61.0 Å². The highest BCUT2D eigenvalue weighted by Crippen LogP contribution is 2.31. The van der Waals surface area contributed by atoms with Gasteiger partial charge in [-0.1, -0.05) is 48.5 Å². The van der Waals surface area contributed by atoms with E-state index in [9.17, 15) is 14.4 Å². The minimum Gasteiger partial charge on any atom is -0.376 e. The molecule has 3 amide bonds. The minimum absolute atomic E-state index is 0.0687.